The molecule has 28 heavy (non-hydrogen) atoms. The van der Waals surface area contributed by atoms with Gasteiger partial charge in [-0.3, -0.25) is 9.69 Å². The zero-order valence-electron chi connectivity index (χ0n) is 15.6. The van der Waals surface area contributed by atoms with Gasteiger partial charge in [0.25, 0.3) is 5.91 Å². The summed E-state index contributed by atoms with van der Waals surface area (Å²) < 4.78 is 10.8. The first-order valence-electron chi connectivity index (χ1n) is 8.79. The van der Waals surface area contributed by atoms with E-state index in [4.69, 9.17) is 9.47 Å². The molecule has 0 saturated carbocycles. The van der Waals surface area contributed by atoms with E-state index in [-0.39, 0.29) is 12.7 Å². The molecule has 140 valence electrons. The maximum Gasteiger partial charge on any atom is 0.283 e. The van der Waals surface area contributed by atoms with Gasteiger partial charge in [-0.15, -0.1) is 5.92 Å². The van der Waals surface area contributed by atoms with Crippen LogP contribution < -0.4 is 14.4 Å². The Hall–Kier alpha value is -3.17. The molecule has 0 fully saturated rings. The zero-order chi connectivity index (χ0) is 19.5. The lowest BCUT2D eigenvalue weighted by Gasteiger charge is -2.17. The number of nitrogens with zero attached hydrogens (tertiary/aromatic N) is 2. The molecule has 2 aromatic carbocycles. The Morgan fingerprint density at radius 1 is 1.18 bits per heavy atom. The topological polar surface area (TPSA) is 51.1 Å². The van der Waals surface area contributed by atoms with Crippen molar-refractivity contribution >= 4 is 34.6 Å². The van der Waals surface area contributed by atoms with Gasteiger partial charge in [-0.05, 0) is 49.8 Å². The van der Waals surface area contributed by atoms with Gasteiger partial charge in [0.05, 0.1) is 11.4 Å². The number of hydrogen-bond acceptors (Lipinski definition) is 5. The molecule has 0 N–H and O–H groups in total. The molecule has 2 aromatic rings. The summed E-state index contributed by atoms with van der Waals surface area (Å²) >= 11 is 1.45. The van der Waals surface area contributed by atoms with Crippen LogP contribution in [0.15, 0.2) is 53.2 Å². The Labute approximate surface area is 168 Å². The van der Waals surface area contributed by atoms with Crippen molar-refractivity contribution in [3.63, 3.8) is 0 Å². The van der Waals surface area contributed by atoms with Crippen molar-refractivity contribution in [3.05, 3.63) is 59.3 Å². The summed E-state index contributed by atoms with van der Waals surface area (Å²) in [6, 6.07) is 13.4. The maximum atomic E-state index is 13.1. The summed E-state index contributed by atoms with van der Waals surface area (Å²) in [5, 5.41) is 0.628. The van der Waals surface area contributed by atoms with Crippen LogP contribution in [0.3, 0.4) is 0 Å². The first-order valence-corrected chi connectivity index (χ1v) is 9.78. The first-order chi connectivity index (χ1) is 13.7. The number of benzene rings is 2. The van der Waals surface area contributed by atoms with Crippen LogP contribution in [-0.4, -0.2) is 23.6 Å². The van der Waals surface area contributed by atoms with Crippen LogP contribution in [0.1, 0.15) is 18.1 Å². The van der Waals surface area contributed by atoms with Crippen LogP contribution in [0.4, 0.5) is 5.69 Å². The molecule has 0 bridgehead atoms. The van der Waals surface area contributed by atoms with E-state index >= 15 is 0 Å². The molecule has 2 aliphatic rings. The second kappa shape index (κ2) is 7.83. The van der Waals surface area contributed by atoms with Crippen molar-refractivity contribution < 1.29 is 14.3 Å². The Bertz CT molecular complexity index is 1050. The van der Waals surface area contributed by atoms with Gasteiger partial charge >= 0.3 is 0 Å². The Morgan fingerprint density at radius 2 is 1.96 bits per heavy atom. The van der Waals surface area contributed by atoms with Gasteiger partial charge in [-0.2, -0.15) is 0 Å². The second-order valence-corrected chi connectivity index (χ2v) is 7.17. The Kier molecular flexibility index (Phi) is 5.09. The number of anilines is 1. The van der Waals surface area contributed by atoms with Crippen molar-refractivity contribution in [1.82, 2.24) is 0 Å². The lowest BCUT2D eigenvalue weighted by Crippen LogP contribution is -2.30. The minimum absolute atomic E-state index is 0.159. The second-order valence-electron chi connectivity index (χ2n) is 6.23. The van der Waals surface area contributed by atoms with Crippen LogP contribution in [-0.2, 0) is 4.79 Å². The van der Waals surface area contributed by atoms with Gasteiger partial charge < -0.3 is 9.47 Å². The van der Waals surface area contributed by atoms with E-state index in [1.807, 2.05) is 49.4 Å². The van der Waals surface area contributed by atoms with Crippen LogP contribution in [0, 0.1) is 18.8 Å². The fourth-order valence-electron chi connectivity index (χ4n) is 2.85. The Morgan fingerprint density at radius 3 is 2.75 bits per heavy atom. The van der Waals surface area contributed by atoms with Crippen LogP contribution >= 0.6 is 11.8 Å². The van der Waals surface area contributed by atoms with E-state index in [1.165, 1.54) is 11.8 Å². The van der Waals surface area contributed by atoms with Gasteiger partial charge in [-0.25, -0.2) is 4.99 Å². The number of hydrogen-bond donors (Lipinski definition) is 0. The zero-order valence-corrected chi connectivity index (χ0v) is 16.4. The predicted octanol–water partition coefficient (Wildman–Crippen LogP) is 4.22. The smallest absolute Gasteiger partial charge is 0.283 e. The van der Waals surface area contributed by atoms with E-state index in [0.29, 0.717) is 28.1 Å². The van der Waals surface area contributed by atoms with Crippen LogP contribution in [0.25, 0.3) is 6.08 Å². The third-order valence-electron chi connectivity index (χ3n) is 4.27. The van der Waals surface area contributed by atoms with Gasteiger partial charge in [0, 0.05) is 0 Å². The summed E-state index contributed by atoms with van der Waals surface area (Å²) in [4.78, 5) is 19.3. The molecule has 2 heterocycles. The molecule has 4 rings (SSSR count). The molecule has 0 aliphatic carbocycles. The van der Waals surface area contributed by atoms with Crippen molar-refractivity contribution in [1.29, 1.82) is 0 Å². The number of aliphatic imine (C=N–C) groups is 1. The van der Waals surface area contributed by atoms with Gasteiger partial charge in [-0.1, -0.05) is 41.4 Å². The number of carbonyl (C=O) groups is 1. The van der Waals surface area contributed by atoms with Crippen molar-refractivity contribution in [3.8, 4) is 23.3 Å². The summed E-state index contributed by atoms with van der Waals surface area (Å²) in [5.74, 6) is 7.67. The molecule has 5 nitrogen and oxygen atoms in total. The highest BCUT2D eigenvalue weighted by Crippen LogP contribution is 2.34. The van der Waals surface area contributed by atoms with Crippen LogP contribution in [0.2, 0.25) is 0 Å². The SMILES string of the molecule is CC#CCSC1=N/C(=C/c2ccc3c(c2)OCO3)C(=O)N1c1ccc(C)cc1. The summed E-state index contributed by atoms with van der Waals surface area (Å²) in [6.07, 6.45) is 1.77. The number of aryl methyl sites for hydroxylation is 1. The Balaban J connectivity index is 1.68. The highest BCUT2D eigenvalue weighted by molar-refractivity contribution is 8.14. The molecule has 0 radical (unpaired) electrons. The van der Waals surface area contributed by atoms with E-state index < -0.39 is 0 Å². The normalized spacial score (nSPS) is 16.2. The average Bonchev–Trinajstić information content (AvgIpc) is 3.28. The largest absolute Gasteiger partial charge is 0.454 e. The number of fused-ring (bicyclic) bond motifs is 1. The molecular formula is C22H18N2O3S. The van der Waals surface area contributed by atoms with E-state index in [2.05, 4.69) is 16.8 Å². The third-order valence-corrected chi connectivity index (χ3v) is 5.09. The van der Waals surface area contributed by atoms with Gasteiger partial charge in [0.1, 0.15) is 5.70 Å². The molecule has 6 heteroatoms. The number of amidine groups is 1. The monoisotopic (exact) mass is 390 g/mol. The lowest BCUT2D eigenvalue weighted by molar-refractivity contribution is -0.113. The minimum atomic E-state index is -0.159. The summed E-state index contributed by atoms with van der Waals surface area (Å²) in [5.41, 5.74) is 3.14. The molecule has 0 aromatic heterocycles. The third kappa shape index (κ3) is 3.62. The predicted molar refractivity (Wildman–Crippen MR) is 113 cm³/mol. The molecule has 0 saturated heterocycles. The summed E-state index contributed by atoms with van der Waals surface area (Å²) in [7, 11) is 0. The van der Waals surface area contributed by atoms with Crippen molar-refractivity contribution in [2.75, 3.05) is 17.4 Å². The number of carbonyl (C=O) groups excluding carboxylic acids is 1. The van der Waals surface area contributed by atoms with Gasteiger partial charge in [0.2, 0.25) is 6.79 Å². The number of amides is 1. The average molecular weight is 390 g/mol. The minimum Gasteiger partial charge on any atom is -0.454 e. The number of rotatable bonds is 3. The quantitative estimate of drug-likeness (QED) is 0.582. The highest BCUT2D eigenvalue weighted by Gasteiger charge is 2.31. The van der Waals surface area contributed by atoms with Gasteiger partial charge in [0.15, 0.2) is 16.7 Å². The fraction of sp³-hybridized carbons (Fsp3) is 0.182. The fourth-order valence-corrected chi connectivity index (χ4v) is 3.67. The molecular weight excluding hydrogens is 372 g/mol. The molecule has 2 aliphatic heterocycles. The van der Waals surface area contributed by atoms with Crippen molar-refractivity contribution in [2.45, 2.75) is 13.8 Å². The lowest BCUT2D eigenvalue weighted by atomic mass is 10.1. The van der Waals surface area contributed by atoms with Crippen LogP contribution in [0.5, 0.6) is 11.5 Å². The highest BCUT2D eigenvalue weighted by atomic mass is 32.2. The molecule has 0 unspecified atom stereocenters. The van der Waals surface area contributed by atoms with E-state index in [9.17, 15) is 4.79 Å². The molecule has 0 atom stereocenters. The number of ether oxygens (including phenoxy) is 2. The van der Waals surface area contributed by atoms with Crippen molar-refractivity contribution in [2.24, 2.45) is 4.99 Å². The first kappa shape index (κ1) is 18.2. The molecule has 0 spiro atoms. The summed E-state index contributed by atoms with van der Waals surface area (Å²) in [6.45, 7) is 4.03. The van der Waals surface area contributed by atoms with E-state index in [1.54, 1.807) is 17.9 Å². The maximum absolute atomic E-state index is 13.1. The number of thioether (sulfide) groups is 1. The van der Waals surface area contributed by atoms with E-state index in [0.717, 1.165) is 16.8 Å². The standard InChI is InChI=1S/C22H18N2O3S/c1-3-4-11-28-22-23-18(12-16-7-10-19-20(13-16)27-14-26-19)21(25)24(22)17-8-5-15(2)6-9-17/h5-10,12-13H,11,14H2,1-2H3/b18-12+. The molecule has 1 amide bonds.